The van der Waals surface area contributed by atoms with Crippen molar-refractivity contribution < 1.29 is 37.7 Å². The van der Waals surface area contributed by atoms with Crippen LogP contribution < -0.4 is 0 Å². The second kappa shape index (κ2) is 1.78. The molecule has 0 saturated heterocycles. The molecule has 0 heterocycles. The highest BCUT2D eigenvalue weighted by Crippen LogP contribution is 3.04. The maximum Gasteiger partial charge on any atom is 0.524 e. The number of nitrogens with zero attached hydrogens (tertiary/aromatic N) is 1. The highest BCUT2D eigenvalue weighted by atomic mass is 32.5. The Bertz CT molecular complexity index is 192. The Labute approximate surface area is 59.2 Å². The van der Waals surface area contributed by atoms with E-state index in [1.807, 2.05) is 0 Å². The summed E-state index contributed by atoms with van der Waals surface area (Å²) in [5, 5.41) is 0. The Kier molecular flexibility index (Phi) is 1.74. The molecule has 0 N–H and O–H groups in total. The van der Waals surface area contributed by atoms with Gasteiger partial charge in [0, 0.05) is 0 Å². The summed E-state index contributed by atoms with van der Waals surface area (Å²) in [7, 11) is -11.4. The van der Waals surface area contributed by atoms with E-state index in [1.165, 1.54) is 0 Å². The van der Waals surface area contributed by atoms with Crippen molar-refractivity contribution in [2.45, 2.75) is 5.51 Å². The van der Waals surface area contributed by atoms with Gasteiger partial charge in [0.05, 0.1) is 0 Å². The lowest BCUT2D eigenvalue weighted by atomic mass is 11.6. The van der Waals surface area contributed by atoms with Crippen LogP contribution in [0.15, 0.2) is 0 Å². The van der Waals surface area contributed by atoms with Gasteiger partial charge in [-0.25, -0.2) is 0 Å². The van der Waals surface area contributed by atoms with Crippen molar-refractivity contribution in [1.29, 1.82) is 0 Å². The SMILES string of the molecule is FN(F)S(F)(F)(F)(F)C(F)(F)F. The summed E-state index contributed by atoms with van der Waals surface area (Å²) in [5.41, 5.74) is -7.58. The van der Waals surface area contributed by atoms with E-state index >= 15 is 0 Å². The quantitative estimate of drug-likeness (QED) is 0.486. The van der Waals surface area contributed by atoms with Crippen molar-refractivity contribution in [1.82, 2.24) is 4.75 Å². The average molecular weight is 229 g/mol. The second-order valence-electron chi connectivity index (χ2n) is 1.67. The van der Waals surface area contributed by atoms with E-state index in [-0.39, 0.29) is 0 Å². The first-order valence-corrected chi connectivity index (χ1v) is 3.92. The number of halogens is 9. The molecule has 0 radical (unpaired) electrons. The van der Waals surface area contributed by atoms with Crippen LogP contribution >= 0.6 is 10.0 Å². The zero-order valence-corrected chi connectivity index (χ0v) is 5.57. The molecular weight excluding hydrogens is 229 g/mol. The van der Waals surface area contributed by atoms with Crippen LogP contribution in [0, 0.1) is 0 Å². The first-order valence-electron chi connectivity index (χ1n) is 1.91. The molecule has 0 atom stereocenters. The molecule has 0 aromatic rings. The third kappa shape index (κ3) is 1.20. The number of alkyl halides is 3. The van der Waals surface area contributed by atoms with Crippen molar-refractivity contribution in [3.8, 4) is 0 Å². The van der Waals surface area contributed by atoms with Gasteiger partial charge in [-0.3, -0.25) is 0 Å². The summed E-state index contributed by atoms with van der Waals surface area (Å²) in [4.78, 5) is 0. The molecule has 0 aliphatic rings. The van der Waals surface area contributed by atoms with Gasteiger partial charge in [-0.2, -0.15) is 13.2 Å². The van der Waals surface area contributed by atoms with Crippen LogP contribution in [0.1, 0.15) is 0 Å². The summed E-state index contributed by atoms with van der Waals surface area (Å²) in [6, 6.07) is 0. The van der Waals surface area contributed by atoms with Gasteiger partial charge in [-0.05, 0) is 0 Å². The summed E-state index contributed by atoms with van der Waals surface area (Å²) < 4.78 is 94.8. The van der Waals surface area contributed by atoms with E-state index in [1.54, 1.807) is 0 Å². The average Bonchev–Trinajstić information content (AvgIpc) is 1.56. The fourth-order valence-corrected chi connectivity index (χ4v) is 0.235. The van der Waals surface area contributed by atoms with Gasteiger partial charge in [-0.1, -0.05) is 24.5 Å². The van der Waals surface area contributed by atoms with E-state index in [2.05, 4.69) is 0 Å². The Hall–Kier alpha value is -0.320. The van der Waals surface area contributed by atoms with E-state index in [9.17, 15) is 37.7 Å². The van der Waals surface area contributed by atoms with Crippen LogP contribution in [-0.2, 0) is 0 Å². The van der Waals surface area contributed by atoms with Crippen LogP contribution in [0.3, 0.4) is 0 Å². The van der Waals surface area contributed by atoms with Crippen LogP contribution in [0.4, 0.5) is 37.7 Å². The standard InChI is InChI=1S/CF9NS/c2-1(3,4)12(7,8,9,10)11(5)6. The number of hydrogen-bond donors (Lipinski definition) is 0. The van der Waals surface area contributed by atoms with Crippen LogP contribution in [0.25, 0.3) is 0 Å². The molecule has 0 aromatic heterocycles. The lowest BCUT2D eigenvalue weighted by Gasteiger charge is -2.48. The van der Waals surface area contributed by atoms with E-state index in [0.717, 1.165) is 0 Å². The maximum atomic E-state index is 11.3. The summed E-state index contributed by atoms with van der Waals surface area (Å²) in [6.45, 7) is 0. The first kappa shape index (κ1) is 11.7. The molecule has 0 aliphatic carbocycles. The minimum atomic E-state index is -11.4. The molecule has 0 amide bonds. The minimum Gasteiger partial charge on any atom is -0.154 e. The molecule has 0 saturated carbocycles. The largest absolute Gasteiger partial charge is 0.524 e. The Balaban J connectivity index is 5.53. The highest BCUT2D eigenvalue weighted by molar-refractivity contribution is 8.48. The van der Waals surface area contributed by atoms with E-state index in [4.69, 9.17) is 0 Å². The summed E-state index contributed by atoms with van der Waals surface area (Å²) in [5.74, 6) is 0. The topological polar surface area (TPSA) is 3.24 Å². The molecule has 12 heavy (non-hydrogen) atoms. The zero-order chi connectivity index (χ0) is 10.5. The predicted molar refractivity (Wildman–Crippen MR) is 22.1 cm³/mol. The van der Waals surface area contributed by atoms with Gasteiger partial charge < -0.3 is 0 Å². The number of rotatable bonds is 1. The van der Waals surface area contributed by atoms with E-state index in [0.29, 0.717) is 0 Å². The fourth-order valence-electron chi connectivity index (χ4n) is 0.0782. The molecule has 11 heteroatoms. The summed E-state index contributed by atoms with van der Waals surface area (Å²) in [6.07, 6.45) is 0. The molecule has 0 spiro atoms. The van der Waals surface area contributed by atoms with Crippen molar-refractivity contribution in [3.05, 3.63) is 0 Å². The Morgan fingerprint density at radius 1 is 0.833 bits per heavy atom. The predicted octanol–water partition coefficient (Wildman–Crippen LogP) is 3.91. The Morgan fingerprint density at radius 2 is 1.08 bits per heavy atom. The second-order valence-corrected chi connectivity index (χ2v) is 4.46. The zero-order valence-electron chi connectivity index (χ0n) is 4.76. The molecular formula is CF9NS. The fraction of sp³-hybridized carbons (Fsp3) is 1.00. The van der Waals surface area contributed by atoms with Gasteiger partial charge in [0.2, 0.25) is 0 Å². The van der Waals surface area contributed by atoms with Crippen molar-refractivity contribution >= 4 is 10.0 Å². The monoisotopic (exact) mass is 229 g/mol. The third-order valence-electron chi connectivity index (χ3n) is 0.731. The smallest absolute Gasteiger partial charge is 0.154 e. The molecule has 0 fully saturated rings. The molecule has 78 valence electrons. The van der Waals surface area contributed by atoms with Crippen LogP contribution in [0.5, 0.6) is 0 Å². The molecule has 0 bridgehead atoms. The van der Waals surface area contributed by atoms with E-state index < -0.39 is 20.3 Å². The van der Waals surface area contributed by atoms with Gasteiger partial charge in [0.15, 0.2) is 4.75 Å². The van der Waals surface area contributed by atoms with Gasteiger partial charge in [-0.15, -0.1) is 0 Å². The van der Waals surface area contributed by atoms with Crippen LogP contribution in [0.2, 0.25) is 0 Å². The Morgan fingerprint density at radius 3 is 1.08 bits per heavy atom. The van der Waals surface area contributed by atoms with Crippen molar-refractivity contribution in [2.75, 3.05) is 0 Å². The van der Waals surface area contributed by atoms with Gasteiger partial charge in [0.25, 0.3) is 0 Å². The molecule has 1 nitrogen and oxygen atoms in total. The molecule has 0 aromatic carbocycles. The molecule has 0 aliphatic heterocycles. The third-order valence-corrected chi connectivity index (χ3v) is 2.19. The van der Waals surface area contributed by atoms with Crippen molar-refractivity contribution in [2.24, 2.45) is 0 Å². The maximum absolute atomic E-state index is 11.4. The molecule has 0 rings (SSSR count). The molecule has 0 unspecified atom stereocenters. The first-order chi connectivity index (χ1) is 4.73. The normalized spacial score (nSPS) is 20.5. The van der Waals surface area contributed by atoms with Crippen LogP contribution in [-0.4, -0.2) is 10.3 Å². The minimum absolute atomic E-state index is 4.36. The summed E-state index contributed by atoms with van der Waals surface area (Å²) >= 11 is 0. The van der Waals surface area contributed by atoms with Crippen molar-refractivity contribution in [3.63, 3.8) is 0 Å². The van der Waals surface area contributed by atoms with Gasteiger partial charge in [0.1, 0.15) is 0 Å². The van der Waals surface area contributed by atoms with Gasteiger partial charge >= 0.3 is 15.5 Å². The number of hydrogen-bond acceptors (Lipinski definition) is 1. The lowest BCUT2D eigenvalue weighted by Crippen LogP contribution is -2.39. The lowest BCUT2D eigenvalue weighted by molar-refractivity contribution is -0.148. The highest BCUT2D eigenvalue weighted by Gasteiger charge is 2.90.